The molecule has 8 nitrogen and oxygen atoms in total. The van der Waals surface area contributed by atoms with Crippen LogP contribution in [0.15, 0.2) is 48.9 Å². The molecule has 1 aliphatic heterocycles. The first-order chi connectivity index (χ1) is 14.2. The molecular formula is C21H22N6O2. The number of hydrogen-bond acceptors (Lipinski definition) is 7. The van der Waals surface area contributed by atoms with Crippen LogP contribution in [0.1, 0.15) is 24.8 Å². The van der Waals surface area contributed by atoms with Crippen molar-refractivity contribution in [3.63, 3.8) is 0 Å². The first-order valence-electron chi connectivity index (χ1n) is 9.65. The standard InChI is InChI=1S/C21H22N6O2/c28-20(29)12-15-5-4-6-16(11-15)17-7-8-23-21(24-17)26-18-13-22-14-19(25-18)27-9-2-1-3-10-27/h4-8,11,13-14H,1-3,9-10,12H2,(H,28,29)(H,23,24,25,26). The topological polar surface area (TPSA) is 104 Å². The summed E-state index contributed by atoms with van der Waals surface area (Å²) in [6.45, 7) is 1.99. The van der Waals surface area contributed by atoms with Crippen molar-refractivity contribution in [2.24, 2.45) is 0 Å². The fourth-order valence-electron chi connectivity index (χ4n) is 3.40. The second-order valence-corrected chi connectivity index (χ2v) is 6.97. The van der Waals surface area contributed by atoms with Crippen molar-refractivity contribution < 1.29 is 9.90 Å². The Labute approximate surface area is 168 Å². The van der Waals surface area contributed by atoms with Crippen LogP contribution in [-0.4, -0.2) is 44.1 Å². The van der Waals surface area contributed by atoms with E-state index in [2.05, 4.69) is 30.2 Å². The summed E-state index contributed by atoms with van der Waals surface area (Å²) in [4.78, 5) is 31.0. The summed E-state index contributed by atoms with van der Waals surface area (Å²) in [6.07, 6.45) is 8.67. The molecule has 1 aliphatic rings. The quantitative estimate of drug-likeness (QED) is 0.661. The van der Waals surface area contributed by atoms with Gasteiger partial charge in [-0.2, -0.15) is 0 Å². The number of aromatic nitrogens is 4. The number of nitrogens with zero attached hydrogens (tertiary/aromatic N) is 5. The third kappa shape index (κ3) is 4.84. The molecule has 0 aliphatic carbocycles. The van der Waals surface area contributed by atoms with Crippen LogP contribution in [0.5, 0.6) is 0 Å². The van der Waals surface area contributed by atoms with E-state index in [9.17, 15) is 4.79 Å². The molecule has 0 bridgehead atoms. The predicted molar refractivity (Wildman–Crippen MR) is 110 cm³/mol. The van der Waals surface area contributed by atoms with Crippen LogP contribution in [0.2, 0.25) is 0 Å². The van der Waals surface area contributed by atoms with Crippen LogP contribution in [0.25, 0.3) is 11.3 Å². The molecule has 0 saturated carbocycles. The van der Waals surface area contributed by atoms with Crippen LogP contribution in [-0.2, 0) is 11.2 Å². The van der Waals surface area contributed by atoms with Gasteiger partial charge in [0.1, 0.15) is 5.82 Å². The van der Waals surface area contributed by atoms with Gasteiger partial charge in [-0.1, -0.05) is 18.2 Å². The van der Waals surface area contributed by atoms with E-state index in [1.165, 1.54) is 19.3 Å². The van der Waals surface area contributed by atoms with E-state index in [1.807, 2.05) is 18.2 Å². The van der Waals surface area contributed by atoms with Gasteiger partial charge in [-0.05, 0) is 37.0 Å². The SMILES string of the molecule is O=C(O)Cc1cccc(-c2ccnc(Nc3cncc(N4CCCCC4)n3)n2)c1. The van der Waals surface area contributed by atoms with Gasteiger partial charge in [0.05, 0.1) is 24.5 Å². The first-order valence-corrected chi connectivity index (χ1v) is 9.65. The minimum absolute atomic E-state index is 0.0249. The Hall–Kier alpha value is -3.55. The third-order valence-corrected chi connectivity index (χ3v) is 4.78. The molecule has 8 heteroatoms. The fourth-order valence-corrected chi connectivity index (χ4v) is 3.40. The zero-order valence-electron chi connectivity index (χ0n) is 16.0. The largest absolute Gasteiger partial charge is 0.481 e. The Kier molecular flexibility index (Phi) is 5.60. The molecule has 148 valence electrons. The summed E-state index contributed by atoms with van der Waals surface area (Å²) in [5.74, 6) is 0.993. The molecule has 1 fully saturated rings. The maximum absolute atomic E-state index is 11.0. The summed E-state index contributed by atoms with van der Waals surface area (Å²) < 4.78 is 0. The number of hydrogen-bond donors (Lipinski definition) is 2. The van der Waals surface area contributed by atoms with Crippen LogP contribution >= 0.6 is 0 Å². The lowest BCUT2D eigenvalue weighted by atomic mass is 10.1. The van der Waals surface area contributed by atoms with E-state index in [-0.39, 0.29) is 6.42 Å². The highest BCUT2D eigenvalue weighted by Gasteiger charge is 2.13. The minimum Gasteiger partial charge on any atom is -0.481 e. The molecule has 4 rings (SSSR count). The molecule has 3 aromatic rings. The van der Waals surface area contributed by atoms with Crippen molar-refractivity contribution in [2.75, 3.05) is 23.3 Å². The first kappa shape index (κ1) is 18.8. The highest BCUT2D eigenvalue weighted by molar-refractivity contribution is 5.71. The van der Waals surface area contributed by atoms with Crippen molar-refractivity contribution in [1.82, 2.24) is 19.9 Å². The number of aliphatic carboxylic acids is 1. The molecule has 0 unspecified atom stereocenters. The molecule has 0 amide bonds. The number of anilines is 3. The summed E-state index contributed by atoms with van der Waals surface area (Å²) in [7, 11) is 0. The highest BCUT2D eigenvalue weighted by atomic mass is 16.4. The second-order valence-electron chi connectivity index (χ2n) is 6.97. The van der Waals surface area contributed by atoms with Gasteiger partial charge in [0.25, 0.3) is 0 Å². The Morgan fingerprint density at radius 3 is 2.79 bits per heavy atom. The van der Waals surface area contributed by atoms with Gasteiger partial charge in [-0.15, -0.1) is 0 Å². The van der Waals surface area contributed by atoms with Crippen LogP contribution in [0, 0.1) is 0 Å². The van der Waals surface area contributed by atoms with Gasteiger partial charge in [0.2, 0.25) is 5.95 Å². The zero-order chi connectivity index (χ0) is 20.1. The zero-order valence-corrected chi connectivity index (χ0v) is 16.0. The van der Waals surface area contributed by atoms with E-state index in [4.69, 9.17) is 5.11 Å². The maximum atomic E-state index is 11.0. The lowest BCUT2D eigenvalue weighted by molar-refractivity contribution is -0.136. The van der Waals surface area contributed by atoms with Crippen molar-refractivity contribution in [2.45, 2.75) is 25.7 Å². The van der Waals surface area contributed by atoms with Gasteiger partial charge < -0.3 is 15.3 Å². The van der Waals surface area contributed by atoms with Crippen molar-refractivity contribution in [3.8, 4) is 11.3 Å². The number of benzene rings is 1. The summed E-state index contributed by atoms with van der Waals surface area (Å²) in [6, 6.07) is 9.14. The Bertz CT molecular complexity index is 1000. The highest BCUT2D eigenvalue weighted by Crippen LogP contribution is 2.22. The second kappa shape index (κ2) is 8.64. The van der Waals surface area contributed by atoms with Gasteiger partial charge in [0.15, 0.2) is 5.82 Å². The number of rotatable bonds is 6. The van der Waals surface area contributed by atoms with E-state index in [0.29, 0.717) is 17.5 Å². The van der Waals surface area contributed by atoms with E-state index >= 15 is 0 Å². The molecule has 3 heterocycles. The van der Waals surface area contributed by atoms with Gasteiger partial charge in [0, 0.05) is 24.8 Å². The number of carboxylic acid groups (broad SMARTS) is 1. The fraction of sp³-hybridized carbons (Fsp3) is 0.286. The lowest BCUT2D eigenvalue weighted by Gasteiger charge is -2.27. The molecule has 1 aromatic carbocycles. The average Bonchev–Trinajstić information content (AvgIpc) is 2.75. The van der Waals surface area contributed by atoms with E-state index in [1.54, 1.807) is 30.7 Å². The number of carbonyl (C=O) groups is 1. The lowest BCUT2D eigenvalue weighted by Crippen LogP contribution is -2.30. The maximum Gasteiger partial charge on any atom is 0.307 e. The molecule has 0 atom stereocenters. The average molecular weight is 390 g/mol. The van der Waals surface area contributed by atoms with Gasteiger partial charge in [-0.3, -0.25) is 9.78 Å². The van der Waals surface area contributed by atoms with Crippen molar-refractivity contribution >= 4 is 23.6 Å². The molecular weight excluding hydrogens is 368 g/mol. The molecule has 0 radical (unpaired) electrons. The van der Waals surface area contributed by atoms with Crippen molar-refractivity contribution in [3.05, 3.63) is 54.5 Å². The molecule has 2 N–H and O–H groups in total. The van der Waals surface area contributed by atoms with E-state index in [0.717, 1.165) is 30.0 Å². The molecule has 29 heavy (non-hydrogen) atoms. The Morgan fingerprint density at radius 1 is 1.10 bits per heavy atom. The van der Waals surface area contributed by atoms with Crippen LogP contribution in [0.4, 0.5) is 17.6 Å². The Balaban J connectivity index is 1.53. The van der Waals surface area contributed by atoms with Gasteiger partial charge in [-0.25, -0.2) is 15.0 Å². The summed E-state index contributed by atoms with van der Waals surface area (Å²) >= 11 is 0. The third-order valence-electron chi connectivity index (χ3n) is 4.78. The number of nitrogens with one attached hydrogen (secondary N) is 1. The predicted octanol–water partition coefficient (Wildman–Crippen LogP) is 3.29. The molecule has 1 saturated heterocycles. The smallest absolute Gasteiger partial charge is 0.307 e. The Morgan fingerprint density at radius 2 is 1.97 bits per heavy atom. The van der Waals surface area contributed by atoms with E-state index < -0.39 is 5.97 Å². The summed E-state index contributed by atoms with van der Waals surface area (Å²) in [5, 5.41) is 12.1. The summed E-state index contributed by atoms with van der Waals surface area (Å²) in [5.41, 5.74) is 2.26. The van der Waals surface area contributed by atoms with Crippen molar-refractivity contribution in [1.29, 1.82) is 0 Å². The monoisotopic (exact) mass is 390 g/mol. The number of carboxylic acids is 1. The van der Waals surface area contributed by atoms with Crippen LogP contribution in [0.3, 0.4) is 0 Å². The molecule has 2 aromatic heterocycles. The minimum atomic E-state index is -0.862. The number of piperidine rings is 1. The molecule has 0 spiro atoms. The van der Waals surface area contributed by atoms with Gasteiger partial charge >= 0.3 is 5.97 Å². The van der Waals surface area contributed by atoms with Crippen LogP contribution < -0.4 is 10.2 Å². The normalized spacial score (nSPS) is 13.9.